The summed E-state index contributed by atoms with van der Waals surface area (Å²) in [5.41, 5.74) is 4.23. The minimum absolute atomic E-state index is 0.108. The predicted octanol–water partition coefficient (Wildman–Crippen LogP) is 5.26. The van der Waals surface area contributed by atoms with Crippen LogP contribution in [0.4, 0.5) is 21.2 Å². The maximum absolute atomic E-state index is 13.7. The zero-order valence-electron chi connectivity index (χ0n) is 21.0. The molecule has 0 saturated carbocycles. The van der Waals surface area contributed by atoms with Gasteiger partial charge in [-0.25, -0.2) is 9.97 Å². The predicted molar refractivity (Wildman–Crippen MR) is 149 cm³/mol. The first-order chi connectivity index (χ1) is 18.6. The number of carbonyl (C=O) groups excluding carboxylic acids is 1. The Labute approximate surface area is 225 Å². The van der Waals surface area contributed by atoms with Gasteiger partial charge in [-0.15, -0.1) is 0 Å². The number of nitrogens with zero attached hydrogens (tertiary/aromatic N) is 5. The molecule has 2 N–H and O–H groups in total. The van der Waals surface area contributed by atoms with E-state index in [0.29, 0.717) is 33.5 Å². The van der Waals surface area contributed by atoms with Crippen molar-refractivity contribution in [2.75, 3.05) is 43.9 Å². The van der Waals surface area contributed by atoms with Crippen molar-refractivity contribution in [3.63, 3.8) is 0 Å². The maximum atomic E-state index is 13.7. The number of nitrogens with one attached hydrogen (secondary N) is 2. The topological polar surface area (TPSA) is 86.3 Å². The molecular formula is C28H28FN7OS. The molecule has 0 unspecified atom stereocenters. The van der Waals surface area contributed by atoms with Gasteiger partial charge in [0.2, 0.25) is 5.95 Å². The maximum Gasteiger partial charge on any atom is 0.255 e. The van der Waals surface area contributed by atoms with Crippen molar-refractivity contribution in [2.45, 2.75) is 11.4 Å². The molecule has 5 rings (SSSR count). The van der Waals surface area contributed by atoms with Gasteiger partial charge in [0, 0.05) is 68.1 Å². The van der Waals surface area contributed by atoms with Crippen LogP contribution in [0.15, 0.2) is 84.1 Å². The van der Waals surface area contributed by atoms with Crippen molar-refractivity contribution in [3.8, 4) is 11.3 Å². The quantitative estimate of drug-likeness (QED) is 0.320. The summed E-state index contributed by atoms with van der Waals surface area (Å²) in [5, 5.41) is 5.98. The smallest absolute Gasteiger partial charge is 0.255 e. The summed E-state index contributed by atoms with van der Waals surface area (Å²) >= 11 is 0.108. The van der Waals surface area contributed by atoms with E-state index in [1.165, 1.54) is 5.56 Å². The molecule has 194 valence electrons. The van der Waals surface area contributed by atoms with E-state index < -0.39 is 0 Å². The fourth-order valence-electron chi connectivity index (χ4n) is 4.22. The molecule has 38 heavy (non-hydrogen) atoms. The van der Waals surface area contributed by atoms with Gasteiger partial charge in [0.05, 0.1) is 28.4 Å². The molecule has 0 atom stereocenters. The summed E-state index contributed by atoms with van der Waals surface area (Å²) in [6.07, 6.45) is 5.03. The van der Waals surface area contributed by atoms with Crippen LogP contribution in [0.2, 0.25) is 0 Å². The molecule has 0 bridgehead atoms. The van der Waals surface area contributed by atoms with Crippen molar-refractivity contribution < 1.29 is 8.68 Å². The Morgan fingerprint density at radius 2 is 1.84 bits per heavy atom. The van der Waals surface area contributed by atoms with Gasteiger partial charge in [-0.3, -0.25) is 14.7 Å². The average Bonchev–Trinajstić information content (AvgIpc) is 2.95. The lowest BCUT2D eigenvalue weighted by atomic mass is 10.1. The number of likely N-dealkylation sites (N-methyl/N-ethyl adjacent to an activating group) is 1. The lowest BCUT2D eigenvalue weighted by Gasteiger charge is -2.32. The van der Waals surface area contributed by atoms with Crippen LogP contribution in [0, 0.1) is 0 Å². The first-order valence-corrected chi connectivity index (χ1v) is 13.0. The highest BCUT2D eigenvalue weighted by atomic mass is 32.2. The van der Waals surface area contributed by atoms with Gasteiger partial charge >= 0.3 is 0 Å². The molecule has 2 aromatic carbocycles. The monoisotopic (exact) mass is 529 g/mol. The Bertz CT molecular complexity index is 1380. The molecule has 0 spiro atoms. The average molecular weight is 530 g/mol. The van der Waals surface area contributed by atoms with Crippen LogP contribution in [0.3, 0.4) is 0 Å². The van der Waals surface area contributed by atoms with Crippen LogP contribution in [0.5, 0.6) is 0 Å². The fraction of sp³-hybridized carbons (Fsp3) is 0.214. The minimum atomic E-state index is -0.238. The molecule has 4 aromatic rings. The molecule has 1 saturated heterocycles. The van der Waals surface area contributed by atoms with E-state index >= 15 is 0 Å². The SMILES string of the molecule is CN1CCN(Cc2ccc(C(=O)Nc3ccc(SF)c(Nc4nccc(-c5cccnc5)n4)c3)cc2)CC1. The number of hydrogen-bond donors (Lipinski definition) is 2. The van der Waals surface area contributed by atoms with Crippen molar-refractivity contribution in [1.82, 2.24) is 24.8 Å². The third-order valence-electron chi connectivity index (χ3n) is 6.40. The molecule has 8 nitrogen and oxygen atoms in total. The number of aromatic nitrogens is 3. The molecule has 1 aliphatic heterocycles. The first-order valence-electron chi connectivity index (χ1n) is 12.3. The van der Waals surface area contributed by atoms with Gasteiger partial charge in [-0.2, -0.15) is 3.89 Å². The van der Waals surface area contributed by atoms with E-state index in [-0.39, 0.29) is 18.1 Å². The Morgan fingerprint density at radius 3 is 2.58 bits per heavy atom. The van der Waals surface area contributed by atoms with Crippen LogP contribution in [-0.2, 0) is 6.54 Å². The summed E-state index contributed by atoms with van der Waals surface area (Å²) in [5.74, 6) is 0.0682. The fourth-order valence-corrected chi connectivity index (χ4v) is 4.53. The summed E-state index contributed by atoms with van der Waals surface area (Å²) in [6, 6.07) is 18.1. The Hall–Kier alpha value is -3.86. The zero-order chi connectivity index (χ0) is 26.3. The number of amides is 1. The lowest BCUT2D eigenvalue weighted by molar-refractivity contribution is 0.102. The van der Waals surface area contributed by atoms with Crippen molar-refractivity contribution in [3.05, 3.63) is 90.4 Å². The summed E-state index contributed by atoms with van der Waals surface area (Å²) < 4.78 is 13.7. The molecule has 1 amide bonds. The van der Waals surface area contributed by atoms with Gasteiger partial charge < -0.3 is 15.5 Å². The molecule has 2 aromatic heterocycles. The highest BCUT2D eigenvalue weighted by Gasteiger charge is 2.15. The molecule has 0 radical (unpaired) electrons. The van der Waals surface area contributed by atoms with Crippen molar-refractivity contribution in [2.24, 2.45) is 0 Å². The van der Waals surface area contributed by atoms with Crippen molar-refractivity contribution >= 4 is 35.4 Å². The Kier molecular flexibility index (Phi) is 8.22. The number of benzene rings is 2. The largest absolute Gasteiger partial charge is 0.323 e. The molecule has 1 aliphatic rings. The highest BCUT2D eigenvalue weighted by molar-refractivity contribution is 7.94. The lowest BCUT2D eigenvalue weighted by Crippen LogP contribution is -2.43. The van der Waals surface area contributed by atoms with Gasteiger partial charge in [0.25, 0.3) is 5.91 Å². The molecule has 10 heteroatoms. The van der Waals surface area contributed by atoms with Gasteiger partial charge in [0.1, 0.15) is 0 Å². The normalized spacial score (nSPS) is 14.3. The van der Waals surface area contributed by atoms with E-state index in [0.717, 1.165) is 38.3 Å². The van der Waals surface area contributed by atoms with E-state index in [4.69, 9.17) is 0 Å². The van der Waals surface area contributed by atoms with Crippen LogP contribution < -0.4 is 10.6 Å². The molecule has 1 fully saturated rings. The van der Waals surface area contributed by atoms with E-state index in [1.807, 2.05) is 36.4 Å². The number of pyridine rings is 1. The number of anilines is 3. The first kappa shape index (κ1) is 25.8. The van der Waals surface area contributed by atoms with Gasteiger partial charge in [-0.1, -0.05) is 12.1 Å². The van der Waals surface area contributed by atoms with E-state index in [1.54, 1.807) is 42.9 Å². The third kappa shape index (κ3) is 6.52. The van der Waals surface area contributed by atoms with Crippen molar-refractivity contribution in [1.29, 1.82) is 0 Å². The highest BCUT2D eigenvalue weighted by Crippen LogP contribution is 2.32. The van der Waals surface area contributed by atoms with Crippen LogP contribution in [-0.4, -0.2) is 63.9 Å². The number of carbonyl (C=O) groups is 1. The standard InChI is InChI=1S/C28H28FN7OS/c1-35-13-15-36(16-14-35)19-20-4-6-21(7-5-20)27(37)32-23-8-9-26(38-29)25(17-23)34-28-31-12-10-24(33-28)22-3-2-11-30-18-22/h2-12,17-18H,13-16,19H2,1H3,(H,32,37)(H,31,33,34). The Balaban J connectivity index is 1.26. The second kappa shape index (κ2) is 12.1. The molecular weight excluding hydrogens is 501 g/mol. The van der Waals surface area contributed by atoms with E-state index in [9.17, 15) is 8.68 Å². The third-order valence-corrected chi connectivity index (χ3v) is 6.92. The number of hydrogen-bond acceptors (Lipinski definition) is 8. The second-order valence-corrected chi connectivity index (χ2v) is 9.74. The Morgan fingerprint density at radius 1 is 1.03 bits per heavy atom. The van der Waals surface area contributed by atoms with Crippen LogP contribution in [0.25, 0.3) is 11.3 Å². The summed E-state index contributed by atoms with van der Waals surface area (Å²) in [4.78, 5) is 30.9. The minimum Gasteiger partial charge on any atom is -0.323 e. The number of halogens is 1. The van der Waals surface area contributed by atoms with Crippen LogP contribution >= 0.6 is 12.1 Å². The summed E-state index contributed by atoms with van der Waals surface area (Å²) in [7, 11) is 2.14. The molecule has 0 aliphatic carbocycles. The number of piperazine rings is 1. The van der Waals surface area contributed by atoms with E-state index in [2.05, 4.69) is 42.4 Å². The van der Waals surface area contributed by atoms with Crippen LogP contribution in [0.1, 0.15) is 15.9 Å². The summed E-state index contributed by atoms with van der Waals surface area (Å²) in [6.45, 7) is 5.09. The van der Waals surface area contributed by atoms with Gasteiger partial charge in [0.15, 0.2) is 0 Å². The molecule has 3 heterocycles. The van der Waals surface area contributed by atoms with Gasteiger partial charge in [-0.05, 0) is 61.1 Å². The second-order valence-electron chi connectivity index (χ2n) is 9.15. The zero-order valence-corrected chi connectivity index (χ0v) is 21.8. The number of rotatable bonds is 8.